The lowest BCUT2D eigenvalue weighted by Gasteiger charge is -2.34. The van der Waals surface area contributed by atoms with Crippen molar-refractivity contribution in [2.75, 3.05) is 19.6 Å². The molecular weight excluding hydrogens is 210 g/mol. The molecule has 1 aliphatic rings. The topological polar surface area (TPSA) is 42.1 Å². The molecule has 2 unspecified atom stereocenters. The number of hydrogen-bond acceptors (Lipinski definition) is 3. The van der Waals surface area contributed by atoms with E-state index in [1.165, 1.54) is 25.1 Å². The lowest BCUT2D eigenvalue weighted by atomic mass is 9.92. The van der Waals surface area contributed by atoms with Crippen LogP contribution in [0.5, 0.6) is 0 Å². The fourth-order valence-corrected chi connectivity index (χ4v) is 2.54. The molecule has 0 saturated carbocycles. The molecule has 94 valence electrons. The summed E-state index contributed by atoms with van der Waals surface area (Å²) >= 11 is 0. The van der Waals surface area contributed by atoms with Crippen molar-refractivity contribution >= 4 is 0 Å². The normalized spacial score (nSPS) is 23.5. The molecule has 3 heteroatoms. The lowest BCUT2D eigenvalue weighted by Crippen LogP contribution is -2.43. The summed E-state index contributed by atoms with van der Waals surface area (Å²) < 4.78 is 0. The van der Waals surface area contributed by atoms with E-state index in [2.05, 4.69) is 28.9 Å². The van der Waals surface area contributed by atoms with Crippen molar-refractivity contribution in [3.05, 3.63) is 30.1 Å². The lowest BCUT2D eigenvalue weighted by molar-refractivity contribution is 0.162. The fourth-order valence-electron chi connectivity index (χ4n) is 2.54. The first-order valence-corrected chi connectivity index (χ1v) is 6.63. The Bertz CT molecular complexity index is 323. The van der Waals surface area contributed by atoms with E-state index in [-0.39, 0.29) is 0 Å². The van der Waals surface area contributed by atoms with Crippen molar-refractivity contribution in [1.29, 1.82) is 0 Å². The van der Waals surface area contributed by atoms with Crippen LogP contribution in [0, 0.1) is 5.92 Å². The van der Waals surface area contributed by atoms with Crippen LogP contribution in [0.4, 0.5) is 0 Å². The fraction of sp³-hybridized carbons (Fsp3) is 0.643. The largest absolute Gasteiger partial charge is 0.328 e. The van der Waals surface area contributed by atoms with Crippen LogP contribution in [0.1, 0.15) is 25.5 Å². The summed E-state index contributed by atoms with van der Waals surface area (Å²) in [7, 11) is 0. The van der Waals surface area contributed by atoms with Gasteiger partial charge in [0.2, 0.25) is 0 Å². The molecule has 0 radical (unpaired) electrons. The van der Waals surface area contributed by atoms with Gasteiger partial charge < -0.3 is 10.6 Å². The van der Waals surface area contributed by atoms with Crippen molar-refractivity contribution in [3.8, 4) is 0 Å². The number of hydrogen-bond donors (Lipinski definition) is 1. The van der Waals surface area contributed by atoms with E-state index in [1.54, 1.807) is 0 Å². The predicted molar refractivity (Wildman–Crippen MR) is 70.8 cm³/mol. The first-order chi connectivity index (χ1) is 8.25. The Hall–Kier alpha value is -0.930. The first kappa shape index (κ1) is 12.5. The van der Waals surface area contributed by atoms with E-state index in [0.717, 1.165) is 19.5 Å². The molecule has 0 aliphatic carbocycles. The Labute approximate surface area is 104 Å². The molecule has 1 fully saturated rings. The Morgan fingerprint density at radius 2 is 2.41 bits per heavy atom. The average Bonchev–Trinajstić information content (AvgIpc) is 2.38. The minimum Gasteiger partial charge on any atom is -0.328 e. The van der Waals surface area contributed by atoms with Gasteiger partial charge in [0.1, 0.15) is 0 Å². The molecule has 0 amide bonds. The van der Waals surface area contributed by atoms with Crippen molar-refractivity contribution in [1.82, 2.24) is 9.88 Å². The summed E-state index contributed by atoms with van der Waals surface area (Å²) in [5.41, 5.74) is 7.19. The van der Waals surface area contributed by atoms with Gasteiger partial charge in [-0.3, -0.25) is 4.98 Å². The minimum absolute atomic E-state index is 0.327. The van der Waals surface area contributed by atoms with E-state index in [9.17, 15) is 0 Å². The zero-order valence-corrected chi connectivity index (χ0v) is 10.7. The second kappa shape index (κ2) is 6.12. The van der Waals surface area contributed by atoms with Gasteiger partial charge in [0.15, 0.2) is 0 Å². The number of likely N-dealkylation sites (tertiary alicyclic amines) is 1. The Kier molecular flexibility index (Phi) is 4.51. The zero-order chi connectivity index (χ0) is 12.1. The third-order valence-corrected chi connectivity index (χ3v) is 3.70. The van der Waals surface area contributed by atoms with Gasteiger partial charge in [-0.25, -0.2) is 0 Å². The monoisotopic (exact) mass is 233 g/mol. The maximum Gasteiger partial charge on any atom is 0.0416 e. The molecule has 2 N–H and O–H groups in total. The van der Waals surface area contributed by atoms with Crippen LogP contribution >= 0.6 is 0 Å². The van der Waals surface area contributed by atoms with E-state index >= 15 is 0 Å². The van der Waals surface area contributed by atoms with Crippen LogP contribution in [0.25, 0.3) is 0 Å². The van der Waals surface area contributed by atoms with Crippen molar-refractivity contribution in [3.63, 3.8) is 0 Å². The number of piperidine rings is 1. The molecular formula is C14H23N3. The van der Waals surface area contributed by atoms with Crippen LogP contribution in [-0.2, 0) is 6.42 Å². The zero-order valence-electron chi connectivity index (χ0n) is 10.7. The summed E-state index contributed by atoms with van der Waals surface area (Å²) in [5, 5.41) is 0. The highest BCUT2D eigenvalue weighted by Crippen LogP contribution is 2.18. The van der Waals surface area contributed by atoms with Crippen LogP contribution in [0.2, 0.25) is 0 Å². The van der Waals surface area contributed by atoms with Crippen LogP contribution in [0.15, 0.2) is 24.4 Å². The highest BCUT2D eigenvalue weighted by atomic mass is 15.1. The maximum atomic E-state index is 6.00. The third kappa shape index (κ3) is 3.79. The number of nitrogens with zero attached hydrogens (tertiary/aromatic N) is 2. The van der Waals surface area contributed by atoms with Crippen molar-refractivity contribution in [2.24, 2.45) is 11.7 Å². The van der Waals surface area contributed by atoms with Crippen LogP contribution < -0.4 is 5.73 Å². The highest BCUT2D eigenvalue weighted by Gasteiger charge is 2.22. The van der Waals surface area contributed by atoms with Gasteiger partial charge in [0.25, 0.3) is 0 Å². The smallest absolute Gasteiger partial charge is 0.0416 e. The second-order valence-corrected chi connectivity index (χ2v) is 5.13. The molecule has 0 spiro atoms. The quantitative estimate of drug-likeness (QED) is 0.860. The van der Waals surface area contributed by atoms with Gasteiger partial charge in [0, 0.05) is 37.4 Å². The molecule has 1 saturated heterocycles. The number of nitrogens with two attached hydrogens (primary N) is 1. The third-order valence-electron chi connectivity index (χ3n) is 3.70. The SMILES string of the molecule is CC(N)C1CCCN(CCc2ccccn2)C1. The van der Waals surface area contributed by atoms with E-state index in [1.807, 2.05) is 12.3 Å². The summed E-state index contributed by atoms with van der Waals surface area (Å²) in [4.78, 5) is 6.90. The number of aromatic nitrogens is 1. The Morgan fingerprint density at radius 1 is 1.53 bits per heavy atom. The summed E-state index contributed by atoms with van der Waals surface area (Å²) in [6.07, 6.45) is 5.50. The Morgan fingerprint density at radius 3 is 3.12 bits per heavy atom. The predicted octanol–water partition coefficient (Wildman–Crippen LogP) is 1.68. The van der Waals surface area contributed by atoms with Gasteiger partial charge >= 0.3 is 0 Å². The Balaban J connectivity index is 1.79. The van der Waals surface area contributed by atoms with Crippen molar-refractivity contribution in [2.45, 2.75) is 32.2 Å². The molecule has 1 aliphatic heterocycles. The molecule has 0 bridgehead atoms. The summed E-state index contributed by atoms with van der Waals surface area (Å²) in [6, 6.07) is 6.46. The van der Waals surface area contributed by atoms with E-state index in [4.69, 9.17) is 5.73 Å². The van der Waals surface area contributed by atoms with Gasteiger partial charge in [-0.1, -0.05) is 6.07 Å². The molecule has 1 aromatic heterocycles. The van der Waals surface area contributed by atoms with Crippen molar-refractivity contribution < 1.29 is 0 Å². The van der Waals surface area contributed by atoms with Gasteiger partial charge in [-0.2, -0.15) is 0 Å². The van der Waals surface area contributed by atoms with Crippen LogP contribution in [-0.4, -0.2) is 35.6 Å². The minimum atomic E-state index is 0.327. The summed E-state index contributed by atoms with van der Waals surface area (Å²) in [6.45, 7) is 5.62. The number of pyridine rings is 1. The average molecular weight is 233 g/mol. The molecule has 17 heavy (non-hydrogen) atoms. The highest BCUT2D eigenvalue weighted by molar-refractivity contribution is 5.03. The first-order valence-electron chi connectivity index (χ1n) is 6.63. The van der Waals surface area contributed by atoms with E-state index < -0.39 is 0 Å². The second-order valence-electron chi connectivity index (χ2n) is 5.13. The maximum absolute atomic E-state index is 6.00. The molecule has 2 heterocycles. The number of rotatable bonds is 4. The van der Waals surface area contributed by atoms with Gasteiger partial charge in [-0.05, 0) is 44.4 Å². The van der Waals surface area contributed by atoms with E-state index in [0.29, 0.717) is 12.0 Å². The van der Waals surface area contributed by atoms with Crippen LogP contribution in [0.3, 0.4) is 0 Å². The standard InChI is InChI=1S/C14H23N3/c1-12(15)13-5-4-9-17(11-13)10-7-14-6-2-3-8-16-14/h2-3,6,8,12-13H,4-5,7,9-11,15H2,1H3. The molecule has 3 nitrogen and oxygen atoms in total. The molecule has 2 atom stereocenters. The molecule has 2 rings (SSSR count). The van der Waals surface area contributed by atoms with Gasteiger partial charge in [-0.15, -0.1) is 0 Å². The van der Waals surface area contributed by atoms with Gasteiger partial charge in [0.05, 0.1) is 0 Å². The molecule has 1 aromatic rings. The summed E-state index contributed by atoms with van der Waals surface area (Å²) in [5.74, 6) is 0.674. The molecule has 0 aromatic carbocycles.